The van der Waals surface area contributed by atoms with E-state index < -0.39 is 11.7 Å². The van der Waals surface area contributed by atoms with Crippen LogP contribution in [-0.2, 0) is 6.18 Å². The smallest absolute Gasteiger partial charge is 0.352 e. The number of H-pyrrole nitrogens is 1. The quantitative estimate of drug-likeness (QED) is 0.618. The molecule has 152 valence electrons. The molecule has 1 amide bonds. The molecule has 4 rings (SSSR count). The highest BCUT2D eigenvalue weighted by atomic mass is 19.4. The average Bonchev–Trinajstić information content (AvgIpc) is 3.15. The Bertz CT molecular complexity index is 1000. The van der Waals surface area contributed by atoms with E-state index in [0.717, 1.165) is 38.1 Å². The van der Waals surface area contributed by atoms with Crippen LogP contribution in [-0.4, -0.2) is 35.5 Å². The summed E-state index contributed by atoms with van der Waals surface area (Å²) < 4.78 is 38.2. The number of rotatable bonds is 4. The number of carbonyl (C=O) groups excluding carboxylic acids is 1. The van der Waals surface area contributed by atoms with Gasteiger partial charge in [-0.25, -0.2) is 4.98 Å². The zero-order chi connectivity index (χ0) is 20.4. The molecule has 0 radical (unpaired) electrons. The minimum Gasteiger partial charge on any atom is -0.352 e. The van der Waals surface area contributed by atoms with Gasteiger partial charge < -0.3 is 15.6 Å². The molecule has 0 aliphatic carbocycles. The number of amides is 1. The Kier molecular flexibility index (Phi) is 5.27. The van der Waals surface area contributed by atoms with E-state index in [1.165, 1.54) is 12.1 Å². The van der Waals surface area contributed by atoms with Gasteiger partial charge in [0.2, 0.25) is 0 Å². The molecule has 3 aromatic rings. The second-order valence-corrected chi connectivity index (χ2v) is 7.27. The van der Waals surface area contributed by atoms with Gasteiger partial charge in [-0.05, 0) is 56.1 Å². The number of nitrogens with one attached hydrogen (secondary N) is 3. The monoisotopic (exact) mass is 402 g/mol. The largest absolute Gasteiger partial charge is 0.416 e. The summed E-state index contributed by atoms with van der Waals surface area (Å²) in [5.74, 6) is 0.327. The third-order valence-electron chi connectivity index (χ3n) is 5.30. The van der Waals surface area contributed by atoms with Gasteiger partial charge in [0, 0.05) is 23.7 Å². The zero-order valence-electron chi connectivity index (χ0n) is 15.6. The van der Waals surface area contributed by atoms with E-state index >= 15 is 0 Å². The van der Waals surface area contributed by atoms with Gasteiger partial charge in [0.05, 0.1) is 16.8 Å². The molecule has 1 saturated heterocycles. The van der Waals surface area contributed by atoms with E-state index in [4.69, 9.17) is 0 Å². The van der Waals surface area contributed by atoms with Crippen molar-refractivity contribution in [2.75, 3.05) is 19.6 Å². The van der Waals surface area contributed by atoms with Crippen molar-refractivity contribution >= 4 is 16.9 Å². The fraction of sp³-hybridized carbons (Fsp3) is 0.333. The molecule has 0 unspecified atom stereocenters. The van der Waals surface area contributed by atoms with Gasteiger partial charge in [-0.1, -0.05) is 12.1 Å². The number of aromatic nitrogens is 2. The molecule has 3 N–H and O–H groups in total. The van der Waals surface area contributed by atoms with Gasteiger partial charge in [-0.2, -0.15) is 13.2 Å². The van der Waals surface area contributed by atoms with Crippen LogP contribution in [0.2, 0.25) is 0 Å². The van der Waals surface area contributed by atoms with Gasteiger partial charge in [-0.15, -0.1) is 0 Å². The first-order chi connectivity index (χ1) is 13.9. The van der Waals surface area contributed by atoms with E-state index in [0.29, 0.717) is 40.3 Å². The minimum absolute atomic E-state index is 0.154. The Balaban J connectivity index is 1.50. The van der Waals surface area contributed by atoms with Crippen LogP contribution in [0, 0.1) is 5.92 Å². The predicted molar refractivity (Wildman–Crippen MR) is 104 cm³/mol. The Morgan fingerprint density at radius 1 is 1.10 bits per heavy atom. The second-order valence-electron chi connectivity index (χ2n) is 7.27. The van der Waals surface area contributed by atoms with E-state index in [-0.39, 0.29) is 5.91 Å². The lowest BCUT2D eigenvalue weighted by atomic mass is 9.98. The third-order valence-corrected chi connectivity index (χ3v) is 5.30. The molecule has 1 aliphatic heterocycles. The first kappa shape index (κ1) is 19.4. The summed E-state index contributed by atoms with van der Waals surface area (Å²) in [5, 5.41) is 6.98. The third kappa shape index (κ3) is 4.27. The van der Waals surface area contributed by atoms with Crippen LogP contribution in [0.25, 0.3) is 22.3 Å². The summed E-state index contributed by atoms with van der Waals surface area (Å²) >= 11 is 0. The molecule has 3 heterocycles. The summed E-state index contributed by atoms with van der Waals surface area (Å²) in [4.78, 5) is 20.0. The van der Waals surface area contributed by atoms with Crippen molar-refractivity contribution in [1.29, 1.82) is 0 Å². The molecule has 0 spiro atoms. The highest BCUT2D eigenvalue weighted by Gasteiger charge is 2.30. The van der Waals surface area contributed by atoms with Gasteiger partial charge in [-0.3, -0.25) is 4.79 Å². The molecule has 1 aromatic carbocycles. The number of alkyl halides is 3. The van der Waals surface area contributed by atoms with E-state index in [9.17, 15) is 18.0 Å². The number of piperidine rings is 1. The number of carbonyl (C=O) groups is 1. The van der Waals surface area contributed by atoms with Crippen LogP contribution in [0.15, 0.2) is 42.6 Å². The summed E-state index contributed by atoms with van der Waals surface area (Å²) in [6.07, 6.45) is -0.657. The lowest BCUT2D eigenvalue weighted by molar-refractivity contribution is -0.137. The van der Waals surface area contributed by atoms with Crippen LogP contribution < -0.4 is 10.6 Å². The lowest BCUT2D eigenvalue weighted by Gasteiger charge is -2.22. The summed E-state index contributed by atoms with van der Waals surface area (Å²) in [6, 6.07) is 8.35. The molecule has 0 saturated carbocycles. The van der Waals surface area contributed by atoms with E-state index in [2.05, 4.69) is 20.6 Å². The van der Waals surface area contributed by atoms with Crippen molar-refractivity contribution in [2.24, 2.45) is 5.92 Å². The molecule has 1 aliphatic rings. The van der Waals surface area contributed by atoms with Crippen LogP contribution >= 0.6 is 0 Å². The normalized spacial score (nSPS) is 15.6. The standard InChI is InChI=1S/C21H21F3N4O/c22-21(23,24)15-3-1-14(2-4-15)18-6-5-16-17(12-26-19(16)28-18)20(29)27-11-13-7-9-25-10-8-13/h1-6,12-13,25H,7-11H2,(H,26,28)(H,27,29). The van der Waals surface area contributed by atoms with Crippen molar-refractivity contribution in [3.8, 4) is 11.3 Å². The molecule has 2 aromatic heterocycles. The fourth-order valence-electron chi connectivity index (χ4n) is 3.60. The number of halogens is 3. The SMILES string of the molecule is O=C(NCC1CCNCC1)c1c[nH]c2nc(-c3ccc(C(F)(F)F)cc3)ccc12. The molecule has 1 fully saturated rings. The first-order valence-corrected chi connectivity index (χ1v) is 9.56. The van der Waals surface area contributed by atoms with Crippen LogP contribution in [0.1, 0.15) is 28.8 Å². The Morgan fingerprint density at radius 3 is 2.52 bits per heavy atom. The Morgan fingerprint density at radius 2 is 1.83 bits per heavy atom. The summed E-state index contributed by atoms with van der Waals surface area (Å²) in [6.45, 7) is 2.60. The molecule has 8 heteroatoms. The molecule has 0 atom stereocenters. The number of pyridine rings is 1. The predicted octanol–water partition coefficient (Wildman–Crippen LogP) is 3.98. The van der Waals surface area contributed by atoms with Crippen LogP contribution in [0.5, 0.6) is 0 Å². The van der Waals surface area contributed by atoms with Crippen molar-refractivity contribution in [1.82, 2.24) is 20.6 Å². The number of aromatic amines is 1. The van der Waals surface area contributed by atoms with Gasteiger partial charge in [0.15, 0.2) is 0 Å². The topological polar surface area (TPSA) is 69.8 Å². The molecular formula is C21H21F3N4O. The van der Waals surface area contributed by atoms with Crippen molar-refractivity contribution in [3.05, 3.63) is 53.7 Å². The molecule has 0 bridgehead atoms. The molecule has 29 heavy (non-hydrogen) atoms. The van der Waals surface area contributed by atoms with E-state index in [1.807, 2.05) is 0 Å². The Labute approximate surface area is 165 Å². The molecular weight excluding hydrogens is 381 g/mol. The Hall–Kier alpha value is -2.87. The number of hydrogen-bond acceptors (Lipinski definition) is 3. The van der Waals surface area contributed by atoms with Crippen LogP contribution in [0.3, 0.4) is 0 Å². The second kappa shape index (κ2) is 7.87. The average molecular weight is 402 g/mol. The number of hydrogen-bond donors (Lipinski definition) is 3. The highest BCUT2D eigenvalue weighted by Crippen LogP contribution is 2.31. The molecule has 5 nitrogen and oxygen atoms in total. The van der Waals surface area contributed by atoms with Crippen molar-refractivity contribution in [2.45, 2.75) is 19.0 Å². The lowest BCUT2D eigenvalue weighted by Crippen LogP contribution is -2.35. The summed E-state index contributed by atoms with van der Waals surface area (Å²) in [7, 11) is 0. The number of fused-ring (bicyclic) bond motifs is 1. The first-order valence-electron chi connectivity index (χ1n) is 9.56. The van der Waals surface area contributed by atoms with Gasteiger partial charge in [0.1, 0.15) is 5.65 Å². The highest BCUT2D eigenvalue weighted by molar-refractivity contribution is 6.06. The van der Waals surface area contributed by atoms with Gasteiger partial charge in [0.25, 0.3) is 5.91 Å². The van der Waals surface area contributed by atoms with Gasteiger partial charge >= 0.3 is 6.18 Å². The van der Waals surface area contributed by atoms with Crippen LogP contribution in [0.4, 0.5) is 13.2 Å². The van der Waals surface area contributed by atoms with Crippen molar-refractivity contribution in [3.63, 3.8) is 0 Å². The van der Waals surface area contributed by atoms with Crippen molar-refractivity contribution < 1.29 is 18.0 Å². The zero-order valence-corrected chi connectivity index (χ0v) is 15.6. The maximum absolute atomic E-state index is 12.7. The number of nitrogens with zero attached hydrogens (tertiary/aromatic N) is 1. The minimum atomic E-state index is -4.37. The van der Waals surface area contributed by atoms with E-state index in [1.54, 1.807) is 18.3 Å². The fourth-order valence-corrected chi connectivity index (χ4v) is 3.60. The maximum atomic E-state index is 12.7. The summed E-state index contributed by atoms with van der Waals surface area (Å²) in [5.41, 5.74) is 1.45. The number of benzene rings is 1. The maximum Gasteiger partial charge on any atom is 0.416 e.